The molecule has 0 spiro atoms. The molecule has 1 aromatic carbocycles. The van der Waals surface area contributed by atoms with Gasteiger partial charge in [0.1, 0.15) is 12.1 Å². The topological polar surface area (TPSA) is 65.2 Å². The second-order valence-corrected chi connectivity index (χ2v) is 6.24. The Morgan fingerprint density at radius 2 is 2.04 bits per heavy atom. The monoisotopic (exact) mass is 357 g/mol. The fraction of sp³-hybridized carbons (Fsp3) is 0.125. The minimum atomic E-state index is 0.613. The zero-order chi connectivity index (χ0) is 16.7. The van der Waals surface area contributed by atoms with Crippen LogP contribution in [0.2, 0.25) is 5.02 Å². The minimum Gasteiger partial charge on any atom is -0.497 e. The van der Waals surface area contributed by atoms with Crippen molar-refractivity contribution < 1.29 is 4.74 Å². The highest BCUT2D eigenvalue weighted by Gasteiger charge is 2.15. The third-order valence-corrected chi connectivity index (χ3v) is 4.63. The van der Waals surface area contributed by atoms with E-state index in [1.165, 1.54) is 11.8 Å². The summed E-state index contributed by atoms with van der Waals surface area (Å²) in [4.78, 5) is 8.91. The summed E-state index contributed by atoms with van der Waals surface area (Å²) in [5.74, 6) is 0.723. The van der Waals surface area contributed by atoms with Gasteiger partial charge in [0.2, 0.25) is 0 Å². The van der Waals surface area contributed by atoms with Crippen LogP contribution >= 0.6 is 23.4 Å². The SMILES string of the molecule is COc1ccc(Cl)c(-c2cc3cnc(SC)nc3n3cnnc23)c1. The van der Waals surface area contributed by atoms with E-state index in [1.54, 1.807) is 25.7 Å². The van der Waals surface area contributed by atoms with Crippen LogP contribution in [0.4, 0.5) is 0 Å². The van der Waals surface area contributed by atoms with Crippen molar-refractivity contribution in [2.75, 3.05) is 13.4 Å². The number of hydrogen-bond donors (Lipinski definition) is 0. The second kappa shape index (κ2) is 5.92. The molecule has 6 nitrogen and oxygen atoms in total. The number of fused-ring (bicyclic) bond motifs is 3. The molecule has 0 atom stereocenters. The Bertz CT molecular complexity index is 1070. The van der Waals surface area contributed by atoms with Crippen LogP contribution in [0, 0.1) is 0 Å². The Hall–Kier alpha value is -2.38. The quantitative estimate of drug-likeness (QED) is 0.411. The van der Waals surface area contributed by atoms with E-state index in [4.69, 9.17) is 16.3 Å². The van der Waals surface area contributed by atoms with Crippen LogP contribution in [0.3, 0.4) is 0 Å². The number of methoxy groups -OCH3 is 1. The maximum Gasteiger partial charge on any atom is 0.189 e. The number of hydrogen-bond acceptors (Lipinski definition) is 6. The standard InChI is InChI=1S/C16H12ClN5OS/c1-23-10-3-4-13(17)11(6-10)12-5-9-7-18-16(24-2)20-14(9)22-8-19-21-15(12)22/h3-8H,1-2H3. The van der Waals surface area contributed by atoms with E-state index < -0.39 is 0 Å². The lowest BCUT2D eigenvalue weighted by molar-refractivity contribution is 0.415. The van der Waals surface area contributed by atoms with Crippen LogP contribution < -0.4 is 4.74 Å². The van der Waals surface area contributed by atoms with Crippen molar-refractivity contribution in [2.45, 2.75) is 5.16 Å². The number of aromatic nitrogens is 5. The Morgan fingerprint density at radius 3 is 2.83 bits per heavy atom. The molecule has 0 amide bonds. The Kier molecular flexibility index (Phi) is 3.74. The summed E-state index contributed by atoms with van der Waals surface area (Å²) in [6.45, 7) is 0. The maximum atomic E-state index is 6.41. The van der Waals surface area contributed by atoms with Gasteiger partial charge in [0.05, 0.1) is 7.11 Å². The number of benzene rings is 1. The van der Waals surface area contributed by atoms with Crippen molar-refractivity contribution in [1.29, 1.82) is 0 Å². The van der Waals surface area contributed by atoms with E-state index in [0.717, 1.165) is 27.9 Å². The summed E-state index contributed by atoms with van der Waals surface area (Å²) in [5.41, 5.74) is 3.12. The molecule has 3 aromatic heterocycles. The molecule has 0 unspecified atom stereocenters. The van der Waals surface area contributed by atoms with Gasteiger partial charge in [-0.1, -0.05) is 23.4 Å². The average molecular weight is 358 g/mol. The lowest BCUT2D eigenvalue weighted by atomic mass is 10.1. The van der Waals surface area contributed by atoms with Gasteiger partial charge in [0, 0.05) is 27.7 Å². The van der Waals surface area contributed by atoms with E-state index in [9.17, 15) is 0 Å². The Labute approximate surface area is 146 Å². The molecule has 0 aliphatic heterocycles. The molecular weight excluding hydrogens is 346 g/mol. The normalized spacial score (nSPS) is 11.3. The van der Waals surface area contributed by atoms with Crippen LogP contribution in [0.25, 0.3) is 27.8 Å². The van der Waals surface area contributed by atoms with Crippen molar-refractivity contribution in [2.24, 2.45) is 0 Å². The van der Waals surface area contributed by atoms with Crippen LogP contribution in [0.15, 0.2) is 41.9 Å². The molecule has 0 N–H and O–H groups in total. The third kappa shape index (κ3) is 2.37. The van der Waals surface area contributed by atoms with Gasteiger partial charge in [-0.15, -0.1) is 10.2 Å². The number of halogens is 1. The highest BCUT2D eigenvalue weighted by Crippen LogP contribution is 2.35. The number of nitrogens with zero attached hydrogens (tertiary/aromatic N) is 5. The van der Waals surface area contributed by atoms with Crippen LogP contribution in [0.5, 0.6) is 5.75 Å². The molecule has 4 aromatic rings. The van der Waals surface area contributed by atoms with Gasteiger partial charge < -0.3 is 4.74 Å². The number of ether oxygens (including phenoxy) is 1. The largest absolute Gasteiger partial charge is 0.497 e. The van der Waals surface area contributed by atoms with E-state index >= 15 is 0 Å². The zero-order valence-corrected chi connectivity index (χ0v) is 14.5. The summed E-state index contributed by atoms with van der Waals surface area (Å²) in [7, 11) is 1.62. The number of thioether (sulfide) groups is 1. The minimum absolute atomic E-state index is 0.613. The highest BCUT2D eigenvalue weighted by atomic mass is 35.5. The summed E-state index contributed by atoms with van der Waals surface area (Å²) >= 11 is 7.90. The maximum absolute atomic E-state index is 6.41. The van der Waals surface area contributed by atoms with Gasteiger partial charge in [-0.25, -0.2) is 9.97 Å². The van der Waals surface area contributed by atoms with Gasteiger partial charge in [0.15, 0.2) is 16.5 Å². The third-order valence-electron chi connectivity index (χ3n) is 3.74. The van der Waals surface area contributed by atoms with Crippen LogP contribution in [-0.2, 0) is 0 Å². The first-order valence-corrected chi connectivity index (χ1v) is 8.69. The van der Waals surface area contributed by atoms with Crippen LogP contribution in [-0.4, -0.2) is 37.9 Å². The zero-order valence-electron chi connectivity index (χ0n) is 12.9. The molecule has 0 aliphatic rings. The van der Waals surface area contributed by atoms with Crippen molar-refractivity contribution >= 4 is 40.0 Å². The van der Waals surface area contributed by atoms with Gasteiger partial charge in [-0.05, 0) is 30.5 Å². The lowest BCUT2D eigenvalue weighted by Gasteiger charge is -2.10. The van der Waals surface area contributed by atoms with E-state index in [-0.39, 0.29) is 0 Å². The van der Waals surface area contributed by atoms with E-state index in [1.807, 2.05) is 28.9 Å². The molecule has 0 fully saturated rings. The number of rotatable bonds is 3. The fourth-order valence-corrected chi connectivity index (χ4v) is 3.14. The van der Waals surface area contributed by atoms with Gasteiger partial charge in [0.25, 0.3) is 0 Å². The van der Waals surface area contributed by atoms with Gasteiger partial charge in [-0.3, -0.25) is 4.40 Å². The first kappa shape index (κ1) is 15.2. The van der Waals surface area contributed by atoms with E-state index in [2.05, 4.69) is 20.2 Å². The summed E-state index contributed by atoms with van der Waals surface area (Å²) < 4.78 is 7.16. The van der Waals surface area contributed by atoms with Crippen molar-refractivity contribution in [3.8, 4) is 16.9 Å². The van der Waals surface area contributed by atoms with Crippen molar-refractivity contribution in [3.05, 3.63) is 41.8 Å². The molecule has 0 radical (unpaired) electrons. The first-order chi connectivity index (χ1) is 11.7. The summed E-state index contributed by atoms with van der Waals surface area (Å²) in [6.07, 6.45) is 5.38. The predicted molar refractivity (Wildman–Crippen MR) is 94.9 cm³/mol. The molecule has 4 rings (SSSR count). The lowest BCUT2D eigenvalue weighted by Crippen LogP contribution is -1.97. The molecule has 0 saturated carbocycles. The second-order valence-electron chi connectivity index (χ2n) is 5.06. The summed E-state index contributed by atoms with van der Waals surface area (Å²) in [5, 5.41) is 10.5. The van der Waals surface area contributed by atoms with Crippen LogP contribution in [0.1, 0.15) is 0 Å². The van der Waals surface area contributed by atoms with Gasteiger partial charge in [-0.2, -0.15) is 0 Å². The highest BCUT2D eigenvalue weighted by molar-refractivity contribution is 7.98. The molecule has 24 heavy (non-hydrogen) atoms. The Morgan fingerprint density at radius 1 is 1.17 bits per heavy atom. The van der Waals surface area contributed by atoms with Crippen molar-refractivity contribution in [3.63, 3.8) is 0 Å². The molecule has 0 bridgehead atoms. The summed E-state index contributed by atoms with van der Waals surface area (Å²) in [6, 6.07) is 7.49. The molecule has 0 aliphatic carbocycles. The fourth-order valence-electron chi connectivity index (χ4n) is 2.59. The number of pyridine rings is 1. The molecule has 120 valence electrons. The predicted octanol–water partition coefficient (Wildman–Crippen LogP) is 3.72. The molecule has 3 heterocycles. The molecule has 0 saturated heterocycles. The first-order valence-electron chi connectivity index (χ1n) is 7.08. The molecule has 8 heteroatoms. The van der Waals surface area contributed by atoms with E-state index in [0.29, 0.717) is 15.8 Å². The Balaban J connectivity index is 2.07. The van der Waals surface area contributed by atoms with Crippen molar-refractivity contribution in [1.82, 2.24) is 24.6 Å². The smallest absolute Gasteiger partial charge is 0.189 e. The average Bonchev–Trinajstić information content (AvgIpc) is 3.11. The van der Waals surface area contributed by atoms with Gasteiger partial charge >= 0.3 is 0 Å². The molecular formula is C16H12ClN5OS.